The Morgan fingerprint density at radius 1 is 0.729 bits per heavy atom. The van der Waals surface area contributed by atoms with E-state index in [0.29, 0.717) is 29.2 Å². The van der Waals surface area contributed by atoms with Gasteiger partial charge in [-0.3, -0.25) is 9.59 Å². The number of aldehydes is 1. The van der Waals surface area contributed by atoms with Crippen LogP contribution in [0.2, 0.25) is 0 Å². The van der Waals surface area contributed by atoms with E-state index >= 15 is 4.39 Å². The molecule has 0 fully saturated rings. The summed E-state index contributed by atoms with van der Waals surface area (Å²) >= 11 is 3.48. The van der Waals surface area contributed by atoms with E-state index in [2.05, 4.69) is 22.9 Å². The van der Waals surface area contributed by atoms with Gasteiger partial charge in [-0.2, -0.15) is 0 Å². The molecule has 0 aliphatic rings. The Balaban J connectivity index is 0.00000139. The van der Waals surface area contributed by atoms with Crippen molar-refractivity contribution in [2.75, 3.05) is 7.11 Å². The zero-order valence-electron chi connectivity index (χ0n) is 35.3. The lowest BCUT2D eigenvalue weighted by molar-refractivity contribution is -0.122. The lowest BCUT2D eigenvalue weighted by Gasteiger charge is -2.23. The third-order valence-corrected chi connectivity index (χ3v) is 11.3. The van der Waals surface area contributed by atoms with Crippen molar-refractivity contribution in [3.63, 3.8) is 0 Å². The van der Waals surface area contributed by atoms with Gasteiger partial charge in [0.05, 0.1) is 17.1 Å². The molecule has 12 heteroatoms. The fourth-order valence-corrected chi connectivity index (χ4v) is 7.64. The minimum Gasteiger partial charge on any atom is -0.507 e. The van der Waals surface area contributed by atoms with Crippen molar-refractivity contribution in [3.8, 4) is 51.0 Å². The number of ether oxygens (including phenoxy) is 2. The number of methoxy groups -OCH3 is 1. The lowest BCUT2D eigenvalue weighted by atomic mass is 9.84. The monoisotopic (exact) mass is 874 g/mol. The summed E-state index contributed by atoms with van der Waals surface area (Å²) in [4.78, 5) is 39.0. The van der Waals surface area contributed by atoms with Crippen LogP contribution in [-0.4, -0.2) is 52.9 Å². The van der Waals surface area contributed by atoms with E-state index in [-0.39, 0.29) is 73.6 Å². The van der Waals surface area contributed by atoms with Crippen molar-refractivity contribution in [1.29, 1.82) is 0 Å². The van der Waals surface area contributed by atoms with Gasteiger partial charge in [-0.25, -0.2) is 4.39 Å². The number of benzene rings is 5. The molecule has 0 atom stereocenters. The summed E-state index contributed by atoms with van der Waals surface area (Å²) in [5.74, 6) is -1.17. The first kappa shape index (κ1) is 49.1. The van der Waals surface area contributed by atoms with Crippen molar-refractivity contribution in [2.45, 2.75) is 82.3 Å². The second-order valence-corrected chi connectivity index (χ2v) is 14.5. The molecule has 0 saturated heterocycles. The molecule has 0 aliphatic carbocycles. The number of ketones is 1. The van der Waals surface area contributed by atoms with E-state index in [4.69, 9.17) is 29.0 Å². The zero-order chi connectivity index (χ0) is 45.0. The number of aromatic hydroxyl groups is 3. The topological polar surface area (TPSA) is 168 Å². The molecular formula is C47H52BrFO10. The van der Waals surface area contributed by atoms with Crippen LogP contribution in [-0.2, 0) is 27.4 Å². The molecule has 5 rings (SSSR count). The molecule has 314 valence electrons. The van der Waals surface area contributed by atoms with E-state index in [9.17, 15) is 20.1 Å². The molecule has 0 saturated carbocycles. The van der Waals surface area contributed by atoms with Crippen LogP contribution in [0, 0.1) is 68.1 Å². The van der Waals surface area contributed by atoms with Crippen LogP contribution in [0.4, 0.5) is 4.39 Å². The van der Waals surface area contributed by atoms with Gasteiger partial charge in [0.25, 0.3) is 6.47 Å². The quantitative estimate of drug-likeness (QED) is 0.0636. The summed E-state index contributed by atoms with van der Waals surface area (Å²) in [5, 5.41) is 41.9. The van der Waals surface area contributed by atoms with Crippen LogP contribution in [0.15, 0.2) is 46.9 Å². The summed E-state index contributed by atoms with van der Waals surface area (Å²) in [5.41, 5.74) is 8.64. The summed E-state index contributed by atoms with van der Waals surface area (Å²) in [6, 6.07) is 13.3. The van der Waals surface area contributed by atoms with Crippen LogP contribution in [0.3, 0.4) is 0 Å². The first-order valence-corrected chi connectivity index (χ1v) is 19.1. The Hall–Kier alpha value is -6.01. The lowest BCUT2D eigenvalue weighted by Crippen LogP contribution is -2.13. The molecule has 4 N–H and O–H groups in total. The molecule has 59 heavy (non-hydrogen) atoms. The normalized spacial score (nSPS) is 10.2. The number of carbonyl (C=O) groups excluding carboxylic acids is 3. The molecule has 5 aromatic rings. The van der Waals surface area contributed by atoms with Crippen LogP contribution < -0.4 is 9.47 Å². The van der Waals surface area contributed by atoms with Gasteiger partial charge in [0.15, 0.2) is 5.78 Å². The molecule has 0 radical (unpaired) electrons. The van der Waals surface area contributed by atoms with E-state index in [1.165, 1.54) is 33.4 Å². The van der Waals surface area contributed by atoms with Gasteiger partial charge < -0.3 is 39.5 Å². The number of aryl methyl sites for hydroxylation is 1. The van der Waals surface area contributed by atoms with Crippen molar-refractivity contribution in [2.24, 2.45) is 0 Å². The van der Waals surface area contributed by atoms with Crippen LogP contribution in [0.5, 0.6) is 28.7 Å². The van der Waals surface area contributed by atoms with Gasteiger partial charge in [0.1, 0.15) is 54.2 Å². The second kappa shape index (κ2) is 21.7. The Morgan fingerprint density at radius 3 is 1.73 bits per heavy atom. The van der Waals surface area contributed by atoms with Crippen molar-refractivity contribution in [3.05, 3.63) is 120 Å². The highest BCUT2D eigenvalue weighted by atomic mass is 79.9. The first-order chi connectivity index (χ1) is 27.9. The number of rotatable bonds is 9. The van der Waals surface area contributed by atoms with E-state index in [0.717, 1.165) is 39.7 Å². The van der Waals surface area contributed by atoms with Gasteiger partial charge >= 0.3 is 0 Å². The molecule has 10 nitrogen and oxygen atoms in total. The summed E-state index contributed by atoms with van der Waals surface area (Å²) in [6.07, 6.45) is 0.745. The maximum Gasteiger partial charge on any atom is 0.290 e. The van der Waals surface area contributed by atoms with Gasteiger partial charge in [-0.05, 0) is 141 Å². The summed E-state index contributed by atoms with van der Waals surface area (Å²) in [6.45, 7) is 19.9. The van der Waals surface area contributed by atoms with Gasteiger partial charge in [0.2, 0.25) is 0 Å². The Labute approximate surface area is 353 Å². The highest BCUT2D eigenvalue weighted by Gasteiger charge is 2.32. The minimum atomic E-state index is -0.774. The van der Waals surface area contributed by atoms with Crippen LogP contribution in [0.25, 0.3) is 22.3 Å². The third kappa shape index (κ3) is 10.2. The molecular weight excluding hydrogens is 823 g/mol. The maximum atomic E-state index is 16.6. The minimum absolute atomic E-state index is 0.00513. The molecule has 0 heterocycles. The number of halogens is 2. The van der Waals surface area contributed by atoms with E-state index in [1.807, 2.05) is 77.8 Å². The number of carboxylic acid groups (broad SMARTS) is 1. The molecule has 0 aromatic heterocycles. The van der Waals surface area contributed by atoms with Crippen molar-refractivity contribution >= 4 is 41.3 Å². The molecule has 5 aromatic carbocycles. The average molecular weight is 876 g/mol. The average Bonchev–Trinajstić information content (AvgIpc) is 3.22. The fraction of sp³-hybridized carbons (Fsp3) is 0.277. The zero-order valence-corrected chi connectivity index (χ0v) is 36.9. The Bertz CT molecular complexity index is 2260. The number of phenolic OH excluding ortho intramolecular Hbond substituents is 3. The SMILES string of the molecule is C=O.CC=O.COc1cc(OCc2ccccc2)cc(C)c1-c1c(O)c(C)c(-c2c(C)c(O)c(C(=O)Cc3c(C)c(C)c(C)c(C)c3C)c(C)c2F)c(O)c1Br.O=CO. The highest BCUT2D eigenvalue weighted by molar-refractivity contribution is 9.10. The predicted molar refractivity (Wildman–Crippen MR) is 232 cm³/mol. The molecule has 0 bridgehead atoms. The van der Waals surface area contributed by atoms with Crippen molar-refractivity contribution in [1.82, 2.24) is 0 Å². The Morgan fingerprint density at radius 2 is 1.22 bits per heavy atom. The van der Waals surface area contributed by atoms with Crippen LogP contribution in [0.1, 0.15) is 78.5 Å². The molecule has 0 aliphatic heterocycles. The number of phenols is 3. The van der Waals surface area contributed by atoms with Crippen LogP contribution >= 0.6 is 15.9 Å². The highest BCUT2D eigenvalue weighted by Crippen LogP contribution is 2.54. The maximum absolute atomic E-state index is 16.6. The third-order valence-electron chi connectivity index (χ3n) is 10.5. The Kier molecular flexibility index (Phi) is 18.0. The van der Waals surface area contributed by atoms with Gasteiger partial charge in [0, 0.05) is 45.9 Å². The summed E-state index contributed by atoms with van der Waals surface area (Å²) in [7, 11) is 1.50. The molecule has 0 spiro atoms. The predicted octanol–water partition coefficient (Wildman–Crippen LogP) is 10.5. The smallest absolute Gasteiger partial charge is 0.290 e. The van der Waals surface area contributed by atoms with E-state index in [1.54, 1.807) is 13.0 Å². The first-order valence-electron chi connectivity index (χ1n) is 18.3. The van der Waals surface area contributed by atoms with E-state index < -0.39 is 11.6 Å². The number of hydrogen-bond donors (Lipinski definition) is 4. The number of carbonyl (C=O) groups is 4. The largest absolute Gasteiger partial charge is 0.507 e. The summed E-state index contributed by atoms with van der Waals surface area (Å²) < 4.78 is 28.5. The number of hydrogen-bond acceptors (Lipinski definition) is 9. The van der Waals surface area contributed by atoms with Gasteiger partial charge in [-0.15, -0.1) is 0 Å². The molecule has 0 unspecified atom stereocenters. The second-order valence-electron chi connectivity index (χ2n) is 13.7. The standard InChI is InChI=1S/C43H44BrFO6.C2H4O.CH2O2.CH2O/c1-20-16-30(51-19-29-14-12-11-13-15-29)17-33(50-10)34(20)38-39(44)43(49)37(28(9)42(38)48)36-27(8)41(47)35(26(7)40(36)45)32(46)18-31-24(5)22(3)21(2)23(4)25(31)6;1-2-3;2-1-3;1-2/h11-17,47-49H,18-19H2,1-10H3;2H,1H3;1H,(H,2,3);1H2. The molecule has 0 amide bonds. The fourth-order valence-electron chi connectivity index (χ4n) is 7.05. The van der Waals surface area contributed by atoms with Gasteiger partial charge in [-0.1, -0.05) is 30.3 Å². The van der Waals surface area contributed by atoms with Crippen molar-refractivity contribution < 1.29 is 53.5 Å². The number of Topliss-reactive ketones (excluding diaryl/α,β-unsaturated/α-hetero) is 1.